The van der Waals surface area contributed by atoms with E-state index in [2.05, 4.69) is 4.98 Å². The number of aromatic nitrogens is 1. The molecule has 2 aromatic rings. The molecule has 0 radical (unpaired) electrons. The van der Waals surface area contributed by atoms with Crippen molar-refractivity contribution in [1.29, 1.82) is 0 Å². The van der Waals surface area contributed by atoms with E-state index in [0.29, 0.717) is 23.3 Å². The molecule has 0 bridgehead atoms. The number of fused-ring (bicyclic) bond motifs is 1. The molecule has 0 saturated carbocycles. The summed E-state index contributed by atoms with van der Waals surface area (Å²) < 4.78 is 4.91. The van der Waals surface area contributed by atoms with E-state index in [4.69, 9.17) is 10.2 Å². The molecule has 1 atom stereocenters. The van der Waals surface area contributed by atoms with Gasteiger partial charge in [-0.1, -0.05) is 0 Å². The summed E-state index contributed by atoms with van der Waals surface area (Å²) in [6.07, 6.45) is -0.460. The molecule has 6 heteroatoms. The molecule has 4 N–H and O–H groups in total. The van der Waals surface area contributed by atoms with Gasteiger partial charge >= 0.3 is 5.76 Å². The van der Waals surface area contributed by atoms with Crippen molar-refractivity contribution >= 4 is 22.5 Å². The second kappa shape index (κ2) is 4.14. The summed E-state index contributed by atoms with van der Waals surface area (Å²) in [5.41, 5.74) is 8.15. The zero-order chi connectivity index (χ0) is 12.6. The van der Waals surface area contributed by atoms with Crippen LogP contribution >= 0.6 is 0 Å². The van der Waals surface area contributed by atoms with Gasteiger partial charge in [0.05, 0.1) is 23.0 Å². The van der Waals surface area contributed by atoms with Gasteiger partial charge in [0, 0.05) is 19.7 Å². The molecule has 17 heavy (non-hydrogen) atoms. The predicted molar refractivity (Wildman–Crippen MR) is 66.2 cm³/mol. The van der Waals surface area contributed by atoms with E-state index in [0.717, 1.165) is 5.69 Å². The summed E-state index contributed by atoms with van der Waals surface area (Å²) in [4.78, 5) is 15.4. The van der Waals surface area contributed by atoms with E-state index >= 15 is 0 Å². The molecule has 0 spiro atoms. The van der Waals surface area contributed by atoms with Crippen LogP contribution in [0.25, 0.3) is 11.1 Å². The maximum absolute atomic E-state index is 11.0. The number of nitrogen functional groups attached to an aromatic ring is 1. The van der Waals surface area contributed by atoms with E-state index in [1.54, 1.807) is 19.1 Å². The molecule has 0 fully saturated rings. The number of H-pyrrole nitrogens is 1. The summed E-state index contributed by atoms with van der Waals surface area (Å²) in [5.74, 6) is -0.505. The Balaban J connectivity index is 2.46. The predicted octanol–water partition coefficient (Wildman–Crippen LogP) is 0.520. The van der Waals surface area contributed by atoms with Gasteiger partial charge in [0.2, 0.25) is 0 Å². The lowest BCUT2D eigenvalue weighted by atomic mass is 10.2. The Morgan fingerprint density at radius 1 is 1.59 bits per heavy atom. The van der Waals surface area contributed by atoms with Crippen LogP contribution in [0.15, 0.2) is 21.3 Å². The first-order valence-corrected chi connectivity index (χ1v) is 5.29. The van der Waals surface area contributed by atoms with Crippen LogP contribution in [0.5, 0.6) is 0 Å². The quantitative estimate of drug-likeness (QED) is 0.676. The van der Waals surface area contributed by atoms with Crippen LogP contribution < -0.4 is 16.4 Å². The van der Waals surface area contributed by atoms with Crippen LogP contribution in [-0.2, 0) is 0 Å². The SMILES string of the molecule is CC(O)CN(C)c1cc2[nH]c(=O)oc2cc1N. The molecule has 1 heterocycles. The number of benzene rings is 1. The second-order valence-electron chi connectivity index (χ2n) is 4.15. The van der Waals surface area contributed by atoms with Gasteiger partial charge in [-0.25, -0.2) is 4.79 Å². The lowest BCUT2D eigenvalue weighted by Crippen LogP contribution is -2.27. The third kappa shape index (κ3) is 2.26. The Labute approximate surface area is 97.6 Å². The number of rotatable bonds is 3. The lowest BCUT2D eigenvalue weighted by molar-refractivity contribution is 0.201. The number of nitrogens with zero attached hydrogens (tertiary/aromatic N) is 1. The Hall–Kier alpha value is -1.95. The number of aliphatic hydroxyl groups is 1. The zero-order valence-electron chi connectivity index (χ0n) is 9.73. The fraction of sp³-hybridized carbons (Fsp3) is 0.364. The average Bonchev–Trinajstić information content (AvgIpc) is 2.54. The summed E-state index contributed by atoms with van der Waals surface area (Å²) in [5, 5.41) is 9.33. The average molecular weight is 237 g/mol. The number of hydrogen-bond acceptors (Lipinski definition) is 5. The molecule has 1 unspecified atom stereocenters. The van der Waals surface area contributed by atoms with Crippen molar-refractivity contribution in [3.05, 3.63) is 22.7 Å². The number of nitrogens with two attached hydrogens (primary N) is 1. The molecule has 0 amide bonds. The van der Waals surface area contributed by atoms with Crippen LogP contribution in [0, 0.1) is 0 Å². The number of aromatic amines is 1. The number of oxazole rings is 1. The van der Waals surface area contributed by atoms with Gasteiger partial charge in [0.15, 0.2) is 5.58 Å². The van der Waals surface area contributed by atoms with Gasteiger partial charge in [-0.3, -0.25) is 4.98 Å². The van der Waals surface area contributed by atoms with Crippen LogP contribution in [-0.4, -0.2) is 29.8 Å². The number of anilines is 2. The van der Waals surface area contributed by atoms with Crippen molar-refractivity contribution in [3.8, 4) is 0 Å². The Morgan fingerprint density at radius 3 is 2.94 bits per heavy atom. The maximum Gasteiger partial charge on any atom is 0.417 e. The van der Waals surface area contributed by atoms with Crippen molar-refractivity contribution in [2.45, 2.75) is 13.0 Å². The van der Waals surface area contributed by atoms with Crippen LogP contribution in [0.4, 0.5) is 11.4 Å². The standard InChI is InChI=1S/C11H15N3O3/c1-6(15)5-14(2)9-4-8-10(3-7(9)12)17-11(16)13-8/h3-4,6,15H,5,12H2,1-2H3,(H,13,16). The minimum Gasteiger partial charge on any atom is -0.408 e. The molecule has 2 rings (SSSR count). The minimum absolute atomic E-state index is 0.432. The topological polar surface area (TPSA) is 95.5 Å². The molecule has 0 aliphatic rings. The van der Waals surface area contributed by atoms with Crippen molar-refractivity contribution < 1.29 is 9.52 Å². The van der Waals surface area contributed by atoms with E-state index in [1.165, 1.54) is 0 Å². The Bertz CT molecular complexity index is 585. The summed E-state index contributed by atoms with van der Waals surface area (Å²) in [6.45, 7) is 2.16. The third-order valence-corrected chi connectivity index (χ3v) is 2.52. The summed E-state index contributed by atoms with van der Waals surface area (Å²) in [6, 6.07) is 3.33. The van der Waals surface area contributed by atoms with Crippen molar-refractivity contribution in [2.75, 3.05) is 24.2 Å². The van der Waals surface area contributed by atoms with Gasteiger partial charge in [0.25, 0.3) is 0 Å². The number of likely N-dealkylation sites (N-methyl/N-ethyl adjacent to an activating group) is 1. The lowest BCUT2D eigenvalue weighted by Gasteiger charge is -2.22. The maximum atomic E-state index is 11.0. The monoisotopic (exact) mass is 237 g/mol. The second-order valence-corrected chi connectivity index (χ2v) is 4.15. The molecular weight excluding hydrogens is 222 g/mol. The third-order valence-electron chi connectivity index (χ3n) is 2.52. The van der Waals surface area contributed by atoms with Gasteiger partial charge in [-0.05, 0) is 13.0 Å². The molecule has 0 aliphatic heterocycles. The van der Waals surface area contributed by atoms with Gasteiger partial charge < -0.3 is 20.2 Å². The van der Waals surface area contributed by atoms with E-state index in [-0.39, 0.29) is 0 Å². The van der Waals surface area contributed by atoms with Crippen LogP contribution in [0.2, 0.25) is 0 Å². The van der Waals surface area contributed by atoms with Gasteiger partial charge in [0.1, 0.15) is 0 Å². The van der Waals surface area contributed by atoms with Crippen molar-refractivity contribution in [3.63, 3.8) is 0 Å². The molecule has 0 saturated heterocycles. The molecule has 6 nitrogen and oxygen atoms in total. The smallest absolute Gasteiger partial charge is 0.408 e. The van der Waals surface area contributed by atoms with E-state index in [1.807, 2.05) is 11.9 Å². The number of nitrogens with one attached hydrogen (secondary N) is 1. The summed E-state index contributed by atoms with van der Waals surface area (Å²) in [7, 11) is 1.82. The summed E-state index contributed by atoms with van der Waals surface area (Å²) >= 11 is 0. The van der Waals surface area contributed by atoms with Crippen LogP contribution in [0.1, 0.15) is 6.92 Å². The Morgan fingerprint density at radius 2 is 2.29 bits per heavy atom. The highest BCUT2D eigenvalue weighted by atomic mass is 16.4. The van der Waals surface area contributed by atoms with Gasteiger partial charge in [-0.2, -0.15) is 0 Å². The normalized spacial score (nSPS) is 12.9. The Kier molecular flexibility index (Phi) is 2.81. The minimum atomic E-state index is -0.505. The number of aliphatic hydroxyl groups excluding tert-OH is 1. The van der Waals surface area contributed by atoms with Crippen molar-refractivity contribution in [2.24, 2.45) is 0 Å². The first kappa shape index (κ1) is 11.5. The molecule has 92 valence electrons. The van der Waals surface area contributed by atoms with Crippen LogP contribution in [0.3, 0.4) is 0 Å². The first-order chi connectivity index (χ1) is 7.97. The highest BCUT2D eigenvalue weighted by Crippen LogP contribution is 2.27. The molecule has 0 aliphatic carbocycles. The molecule has 1 aromatic carbocycles. The largest absolute Gasteiger partial charge is 0.417 e. The number of hydrogen-bond donors (Lipinski definition) is 3. The van der Waals surface area contributed by atoms with E-state index < -0.39 is 11.9 Å². The van der Waals surface area contributed by atoms with Gasteiger partial charge in [-0.15, -0.1) is 0 Å². The fourth-order valence-electron chi connectivity index (χ4n) is 1.83. The molecule has 1 aromatic heterocycles. The van der Waals surface area contributed by atoms with Crippen molar-refractivity contribution in [1.82, 2.24) is 4.98 Å². The molecular formula is C11H15N3O3. The fourth-order valence-corrected chi connectivity index (χ4v) is 1.83. The zero-order valence-corrected chi connectivity index (χ0v) is 9.73. The first-order valence-electron chi connectivity index (χ1n) is 5.29. The highest BCUT2D eigenvalue weighted by molar-refractivity contribution is 5.85. The highest BCUT2D eigenvalue weighted by Gasteiger charge is 2.11. The van der Waals surface area contributed by atoms with E-state index in [9.17, 15) is 9.90 Å².